The first-order valence-electron chi connectivity index (χ1n) is 6.49. The van der Waals surface area contributed by atoms with Crippen molar-refractivity contribution in [3.8, 4) is 0 Å². The highest BCUT2D eigenvalue weighted by Crippen LogP contribution is 2.32. The molecule has 0 radical (unpaired) electrons. The fourth-order valence-corrected chi connectivity index (χ4v) is 2.15. The lowest BCUT2D eigenvalue weighted by Gasteiger charge is -2.13. The summed E-state index contributed by atoms with van der Waals surface area (Å²) in [7, 11) is 0. The van der Waals surface area contributed by atoms with Gasteiger partial charge in [-0.15, -0.1) is 0 Å². The van der Waals surface area contributed by atoms with Gasteiger partial charge in [-0.25, -0.2) is 0 Å². The fraction of sp³-hybridized carbons (Fsp3) is 0.600. The van der Waals surface area contributed by atoms with Gasteiger partial charge in [-0.05, 0) is 31.7 Å². The van der Waals surface area contributed by atoms with Crippen molar-refractivity contribution in [1.29, 1.82) is 0 Å². The third kappa shape index (κ3) is 4.14. The van der Waals surface area contributed by atoms with E-state index in [9.17, 15) is 5.11 Å². The molecule has 0 aliphatic heterocycles. The number of hydrogen-bond donors (Lipinski definition) is 1. The Morgan fingerprint density at radius 1 is 1.24 bits per heavy atom. The second-order valence-corrected chi connectivity index (χ2v) is 5.24. The molecule has 0 spiro atoms. The van der Waals surface area contributed by atoms with E-state index < -0.39 is 6.10 Å². The molecule has 1 aliphatic rings. The van der Waals surface area contributed by atoms with Crippen LogP contribution in [0.15, 0.2) is 18.2 Å². The van der Waals surface area contributed by atoms with Gasteiger partial charge < -0.3 is 9.84 Å². The van der Waals surface area contributed by atoms with Crippen LogP contribution in [0.4, 0.5) is 0 Å². The zero-order valence-corrected chi connectivity index (χ0v) is 10.8. The van der Waals surface area contributed by atoms with Crippen LogP contribution in [0.1, 0.15) is 42.1 Å². The number of aliphatic hydroxyl groups is 1. The van der Waals surface area contributed by atoms with E-state index >= 15 is 0 Å². The van der Waals surface area contributed by atoms with Gasteiger partial charge in [-0.3, -0.25) is 0 Å². The predicted octanol–water partition coefficient (Wildman–Crippen LogP) is 3.15. The minimum atomic E-state index is -0.493. The van der Waals surface area contributed by atoms with Gasteiger partial charge in [-0.1, -0.05) is 42.2 Å². The molecule has 2 rings (SSSR count). The molecule has 1 aromatic carbocycles. The molecule has 1 unspecified atom stereocenters. The van der Waals surface area contributed by atoms with E-state index in [0.29, 0.717) is 6.61 Å². The Hall–Kier alpha value is -0.860. The third-order valence-electron chi connectivity index (χ3n) is 3.27. The van der Waals surface area contributed by atoms with Gasteiger partial charge >= 0.3 is 0 Å². The standard InChI is InChI=1S/C15H22O2/c1-11-7-12(2)9-14(8-11)15(16)10-17-6-5-13-3-4-13/h7-9,13,15-16H,3-6,10H2,1-2H3. The Labute approximate surface area is 104 Å². The molecule has 1 atom stereocenters. The second kappa shape index (κ2) is 5.65. The Kier molecular flexibility index (Phi) is 4.19. The Bertz CT molecular complexity index is 349. The maximum absolute atomic E-state index is 10.0. The molecule has 0 heterocycles. The first-order chi connectivity index (χ1) is 8.15. The van der Waals surface area contributed by atoms with Gasteiger partial charge in [-0.2, -0.15) is 0 Å². The number of aliphatic hydroxyl groups excluding tert-OH is 1. The highest BCUT2D eigenvalue weighted by atomic mass is 16.5. The largest absolute Gasteiger partial charge is 0.386 e. The molecule has 1 aromatic rings. The van der Waals surface area contributed by atoms with Crippen LogP contribution in [0.5, 0.6) is 0 Å². The summed E-state index contributed by atoms with van der Waals surface area (Å²) in [6.45, 7) is 5.30. The molecule has 2 heteroatoms. The number of benzene rings is 1. The van der Waals surface area contributed by atoms with Crippen molar-refractivity contribution in [3.05, 3.63) is 34.9 Å². The summed E-state index contributed by atoms with van der Waals surface area (Å²) < 4.78 is 5.53. The summed E-state index contributed by atoms with van der Waals surface area (Å²) in [5.74, 6) is 0.897. The molecule has 0 saturated heterocycles. The van der Waals surface area contributed by atoms with Crippen LogP contribution < -0.4 is 0 Å². The van der Waals surface area contributed by atoms with Crippen LogP contribution in [-0.2, 0) is 4.74 Å². The van der Waals surface area contributed by atoms with Crippen molar-refractivity contribution in [1.82, 2.24) is 0 Å². The molecular weight excluding hydrogens is 212 g/mol. The topological polar surface area (TPSA) is 29.5 Å². The van der Waals surface area contributed by atoms with Gasteiger partial charge in [0.05, 0.1) is 6.61 Å². The van der Waals surface area contributed by atoms with E-state index in [1.807, 2.05) is 12.1 Å². The van der Waals surface area contributed by atoms with E-state index in [2.05, 4.69) is 19.9 Å². The molecular formula is C15H22O2. The number of hydrogen-bond acceptors (Lipinski definition) is 2. The monoisotopic (exact) mass is 234 g/mol. The van der Waals surface area contributed by atoms with E-state index in [1.165, 1.54) is 24.0 Å². The van der Waals surface area contributed by atoms with Crippen LogP contribution in [0.25, 0.3) is 0 Å². The Morgan fingerprint density at radius 2 is 1.88 bits per heavy atom. The molecule has 94 valence electrons. The summed E-state index contributed by atoms with van der Waals surface area (Å²) >= 11 is 0. The number of rotatable bonds is 6. The van der Waals surface area contributed by atoms with Gasteiger partial charge in [0.1, 0.15) is 6.10 Å². The van der Waals surface area contributed by atoms with Gasteiger partial charge in [0, 0.05) is 6.61 Å². The van der Waals surface area contributed by atoms with Crippen LogP contribution in [-0.4, -0.2) is 18.3 Å². The Morgan fingerprint density at radius 3 is 2.47 bits per heavy atom. The SMILES string of the molecule is Cc1cc(C)cc(C(O)COCCC2CC2)c1. The van der Waals surface area contributed by atoms with Gasteiger partial charge in [0.25, 0.3) is 0 Å². The highest BCUT2D eigenvalue weighted by Gasteiger charge is 2.20. The van der Waals surface area contributed by atoms with Crippen molar-refractivity contribution in [2.24, 2.45) is 5.92 Å². The van der Waals surface area contributed by atoms with Crippen molar-refractivity contribution >= 4 is 0 Å². The van der Waals surface area contributed by atoms with Crippen LogP contribution in [0, 0.1) is 19.8 Å². The minimum absolute atomic E-state index is 0.412. The summed E-state index contributed by atoms with van der Waals surface area (Å²) in [5.41, 5.74) is 3.35. The summed E-state index contributed by atoms with van der Waals surface area (Å²) in [5, 5.41) is 10.0. The van der Waals surface area contributed by atoms with E-state index in [0.717, 1.165) is 24.5 Å². The highest BCUT2D eigenvalue weighted by molar-refractivity contribution is 5.29. The lowest BCUT2D eigenvalue weighted by Crippen LogP contribution is -2.09. The lowest BCUT2D eigenvalue weighted by molar-refractivity contribution is 0.0336. The van der Waals surface area contributed by atoms with E-state index in [4.69, 9.17) is 4.74 Å². The van der Waals surface area contributed by atoms with Gasteiger partial charge in [0.2, 0.25) is 0 Å². The Balaban J connectivity index is 1.78. The van der Waals surface area contributed by atoms with Crippen molar-refractivity contribution < 1.29 is 9.84 Å². The van der Waals surface area contributed by atoms with Crippen molar-refractivity contribution in [2.75, 3.05) is 13.2 Å². The molecule has 0 aromatic heterocycles. The van der Waals surface area contributed by atoms with E-state index in [-0.39, 0.29) is 0 Å². The quantitative estimate of drug-likeness (QED) is 0.766. The average molecular weight is 234 g/mol. The van der Waals surface area contributed by atoms with Crippen molar-refractivity contribution in [3.63, 3.8) is 0 Å². The minimum Gasteiger partial charge on any atom is -0.386 e. The molecule has 1 N–H and O–H groups in total. The summed E-state index contributed by atoms with van der Waals surface area (Å²) in [6, 6.07) is 6.17. The number of ether oxygens (including phenoxy) is 1. The second-order valence-electron chi connectivity index (χ2n) is 5.24. The molecule has 1 saturated carbocycles. The lowest BCUT2D eigenvalue weighted by atomic mass is 10.0. The third-order valence-corrected chi connectivity index (χ3v) is 3.27. The molecule has 2 nitrogen and oxygen atoms in total. The maximum atomic E-state index is 10.0. The molecule has 1 aliphatic carbocycles. The average Bonchev–Trinajstić information content (AvgIpc) is 3.06. The van der Waals surface area contributed by atoms with Gasteiger partial charge in [0.15, 0.2) is 0 Å². The predicted molar refractivity (Wildman–Crippen MR) is 69.0 cm³/mol. The van der Waals surface area contributed by atoms with Crippen LogP contribution in [0.2, 0.25) is 0 Å². The van der Waals surface area contributed by atoms with E-state index in [1.54, 1.807) is 0 Å². The summed E-state index contributed by atoms with van der Waals surface area (Å²) in [4.78, 5) is 0. The fourth-order valence-electron chi connectivity index (χ4n) is 2.15. The molecule has 0 bridgehead atoms. The van der Waals surface area contributed by atoms with Crippen LogP contribution >= 0.6 is 0 Å². The first-order valence-corrected chi connectivity index (χ1v) is 6.49. The zero-order chi connectivity index (χ0) is 12.3. The summed E-state index contributed by atoms with van der Waals surface area (Å²) in [6.07, 6.45) is 3.39. The normalized spacial score (nSPS) is 17.1. The molecule has 17 heavy (non-hydrogen) atoms. The van der Waals surface area contributed by atoms with Crippen LogP contribution in [0.3, 0.4) is 0 Å². The number of aryl methyl sites for hydroxylation is 2. The smallest absolute Gasteiger partial charge is 0.102 e. The zero-order valence-electron chi connectivity index (χ0n) is 10.8. The van der Waals surface area contributed by atoms with Crippen molar-refractivity contribution in [2.45, 2.75) is 39.2 Å². The molecule has 0 amide bonds. The molecule has 1 fully saturated rings. The first kappa shape index (κ1) is 12.6. The maximum Gasteiger partial charge on any atom is 0.102 e.